The number of aromatic nitrogens is 1. The molecule has 80 heavy (non-hydrogen) atoms. The smallest absolute Gasteiger partial charge is 0.341 e. The van der Waals surface area contributed by atoms with Crippen LogP contribution in [0.4, 0.5) is 0 Å². The second-order valence-electron chi connectivity index (χ2n) is 23.6. The maximum Gasteiger partial charge on any atom is 0.341 e. The number of ketones is 1. The summed E-state index contributed by atoms with van der Waals surface area (Å²) in [5, 5.41) is 50.7. The Kier molecular flexibility index (Phi) is 22.3. The standard InChI is InChI=1S/C58H92N4O18/c1-15-43-58(10,71)50(67)34(4)46(64)32(2)29-56(8,72-13)51(80-55-48(66)42(60(11)12)27-33(3)75-55)35(5)49(36(6)54(70)77-43)79-45-30-57(9,73-14)52(37(7)76-45)78-44(63)20-22-59-21-16-17-38-18-19-41-39(28-38)47(65)40(53(68)69)31-62(41)61-23-25-74-26-24-61/h18-19,28,31-37,42-43,45,48-52,55,59,66-67,71H,15-17,20-27,29-30H2,1-14H3,(H,68,69)/t32-,33-,34-,35+,36-,37+,42+,43-,45+,48-,49+,50-,51-,52+,55+,56-,57-,58-/m1/s1. The number of aryl methyl sites for hydroxylation is 1. The topological polar surface area (TPSA) is 273 Å². The molecule has 1 aromatic carbocycles. The van der Waals surface area contributed by atoms with Crippen molar-refractivity contribution in [3.8, 4) is 0 Å². The molecule has 5 N–H and O–H groups in total. The van der Waals surface area contributed by atoms with E-state index in [1.165, 1.54) is 34.3 Å². The predicted octanol–water partition coefficient (Wildman–Crippen LogP) is 3.58. The number of fused-ring (bicyclic) bond motifs is 1. The molecular formula is C58H92N4O18. The summed E-state index contributed by atoms with van der Waals surface area (Å²) in [6.45, 7) is 19.9. The first kappa shape index (κ1) is 65.0. The Balaban J connectivity index is 1.17. The number of likely N-dealkylation sites (N-methyl/N-ethyl adjacent to an activating group) is 1. The first-order valence-corrected chi connectivity index (χ1v) is 28.5. The second-order valence-corrected chi connectivity index (χ2v) is 23.6. The molecule has 0 aliphatic carbocycles. The molecular weight excluding hydrogens is 1040 g/mol. The van der Waals surface area contributed by atoms with Gasteiger partial charge in [0.05, 0.1) is 80.3 Å². The number of esters is 2. The van der Waals surface area contributed by atoms with Gasteiger partial charge in [0.1, 0.15) is 34.8 Å². The molecule has 0 unspecified atom stereocenters. The molecule has 22 heteroatoms. The number of carbonyl (C=O) groups excluding carboxylic acids is 3. The molecule has 18 atom stereocenters. The highest BCUT2D eigenvalue weighted by atomic mass is 16.7. The minimum atomic E-state index is -2.03. The number of benzene rings is 1. The molecule has 22 nitrogen and oxygen atoms in total. The van der Waals surface area contributed by atoms with E-state index in [2.05, 4.69) is 5.32 Å². The maximum atomic E-state index is 14.6. The van der Waals surface area contributed by atoms with Crippen LogP contribution in [-0.2, 0) is 63.4 Å². The number of carboxylic acids is 1. The molecule has 0 spiro atoms. The third-order valence-electron chi connectivity index (χ3n) is 17.4. The largest absolute Gasteiger partial charge is 0.477 e. The lowest BCUT2D eigenvalue weighted by atomic mass is 9.74. The Morgan fingerprint density at radius 1 is 0.887 bits per heavy atom. The van der Waals surface area contributed by atoms with E-state index in [0.717, 1.165) is 5.56 Å². The number of carbonyl (C=O) groups is 4. The number of hydrogen-bond acceptors (Lipinski definition) is 20. The number of ether oxygens (including phenoxy) is 9. The van der Waals surface area contributed by atoms with Crippen LogP contribution in [0.15, 0.2) is 29.2 Å². The van der Waals surface area contributed by atoms with Crippen molar-refractivity contribution >= 4 is 34.6 Å². The van der Waals surface area contributed by atoms with E-state index in [0.29, 0.717) is 69.6 Å². The minimum Gasteiger partial charge on any atom is -0.477 e. The molecule has 1 aromatic heterocycles. The third-order valence-corrected chi connectivity index (χ3v) is 17.4. The number of methoxy groups -OCH3 is 2. The fourth-order valence-corrected chi connectivity index (χ4v) is 12.4. The first-order chi connectivity index (χ1) is 37.6. The zero-order valence-corrected chi connectivity index (χ0v) is 49.5. The van der Waals surface area contributed by atoms with Gasteiger partial charge in [-0.05, 0) is 112 Å². The van der Waals surface area contributed by atoms with Crippen LogP contribution < -0.4 is 15.8 Å². The molecule has 4 fully saturated rings. The van der Waals surface area contributed by atoms with Crippen LogP contribution in [0.5, 0.6) is 0 Å². The van der Waals surface area contributed by atoms with Gasteiger partial charge in [-0.2, -0.15) is 0 Å². The van der Waals surface area contributed by atoms with Crippen LogP contribution in [0, 0.1) is 23.7 Å². The van der Waals surface area contributed by atoms with Crippen LogP contribution in [-0.4, -0.2) is 206 Å². The van der Waals surface area contributed by atoms with Crippen molar-refractivity contribution in [2.75, 3.05) is 72.7 Å². The molecule has 5 heterocycles. The lowest BCUT2D eigenvalue weighted by Gasteiger charge is -2.50. The molecule has 2 aromatic rings. The van der Waals surface area contributed by atoms with Crippen molar-refractivity contribution in [1.82, 2.24) is 14.9 Å². The lowest BCUT2D eigenvalue weighted by molar-refractivity contribution is -0.320. The van der Waals surface area contributed by atoms with Gasteiger partial charge in [0.15, 0.2) is 18.7 Å². The SMILES string of the molecule is CC[C@H]1OC(=O)[C@H](C)[C@@H](O[C@H]2C[C@@](C)(OC)[C@@H](OC(=O)CCNCCCc3ccc4c(c3)c(=O)c(C(=O)O)cn4N3CCOCC3)[C@H](C)O2)[C@H](C)[C@@H](O[C@@H]2O[C@H](C)C[C@H](N(C)C)[C@H]2O)[C@](C)(OC)C[C@@H](C)C(=O)[C@@H](C)[C@@H](O)[C@]1(C)O. The summed E-state index contributed by atoms with van der Waals surface area (Å²) in [5.74, 6) is -6.64. The highest BCUT2D eigenvalue weighted by molar-refractivity contribution is 5.93. The Bertz CT molecular complexity index is 2490. The fraction of sp³-hybridized carbons (Fsp3) is 0.776. The van der Waals surface area contributed by atoms with E-state index in [4.69, 9.17) is 42.6 Å². The van der Waals surface area contributed by atoms with E-state index in [-0.39, 0.29) is 49.2 Å². The average molecular weight is 1130 g/mol. The van der Waals surface area contributed by atoms with E-state index in [9.17, 15) is 44.4 Å². The van der Waals surface area contributed by atoms with Crippen LogP contribution in [0.25, 0.3) is 10.9 Å². The van der Waals surface area contributed by atoms with Gasteiger partial charge in [-0.25, -0.2) is 4.79 Å². The van der Waals surface area contributed by atoms with Crippen LogP contribution in [0.1, 0.15) is 124 Å². The summed E-state index contributed by atoms with van der Waals surface area (Å²) in [5.41, 5.74) is -3.90. The van der Waals surface area contributed by atoms with Crippen LogP contribution in [0.2, 0.25) is 0 Å². The predicted molar refractivity (Wildman–Crippen MR) is 295 cm³/mol. The van der Waals surface area contributed by atoms with Crippen molar-refractivity contribution in [1.29, 1.82) is 0 Å². The first-order valence-electron chi connectivity index (χ1n) is 28.5. The Labute approximate surface area is 470 Å². The maximum absolute atomic E-state index is 14.6. The third kappa shape index (κ3) is 14.6. The summed E-state index contributed by atoms with van der Waals surface area (Å²) in [6, 6.07) is 5.18. The summed E-state index contributed by atoms with van der Waals surface area (Å²) >= 11 is 0. The number of Topliss-reactive ketones (excluding diaryl/α,β-unsaturated/α-hetero) is 1. The van der Waals surface area contributed by atoms with Gasteiger partial charge in [-0.15, -0.1) is 0 Å². The molecule has 4 saturated heterocycles. The fourth-order valence-electron chi connectivity index (χ4n) is 12.4. The number of cyclic esters (lactones) is 1. The number of aliphatic hydroxyl groups excluding tert-OH is 2. The number of carboxylic acid groups (broad SMARTS) is 1. The van der Waals surface area contributed by atoms with E-state index in [1.54, 1.807) is 52.3 Å². The summed E-state index contributed by atoms with van der Waals surface area (Å²) < 4.78 is 58.6. The van der Waals surface area contributed by atoms with Crippen molar-refractivity contribution in [3.05, 3.63) is 45.7 Å². The lowest BCUT2D eigenvalue weighted by Crippen LogP contribution is -2.61. The summed E-state index contributed by atoms with van der Waals surface area (Å²) in [6.07, 6.45) is -7.00. The zero-order chi connectivity index (χ0) is 59.2. The molecule has 452 valence electrons. The number of morpholine rings is 1. The highest BCUT2D eigenvalue weighted by Gasteiger charge is 2.55. The molecule has 0 bridgehead atoms. The van der Waals surface area contributed by atoms with E-state index < -0.39 is 119 Å². The van der Waals surface area contributed by atoms with Gasteiger partial charge >= 0.3 is 17.9 Å². The van der Waals surface area contributed by atoms with Crippen molar-refractivity contribution in [3.63, 3.8) is 0 Å². The number of pyridine rings is 1. The van der Waals surface area contributed by atoms with Gasteiger partial charge < -0.3 is 78.3 Å². The number of nitrogens with zero attached hydrogens (tertiary/aromatic N) is 3. The summed E-state index contributed by atoms with van der Waals surface area (Å²) in [4.78, 5) is 69.7. The monoisotopic (exact) mass is 1130 g/mol. The zero-order valence-electron chi connectivity index (χ0n) is 49.5. The van der Waals surface area contributed by atoms with E-state index in [1.807, 2.05) is 50.0 Å². The van der Waals surface area contributed by atoms with Crippen LogP contribution >= 0.6 is 0 Å². The quantitative estimate of drug-likeness (QED) is 0.105. The molecule has 6 rings (SSSR count). The molecule has 4 aliphatic rings. The number of aromatic carboxylic acids is 1. The molecule has 4 aliphatic heterocycles. The Morgan fingerprint density at radius 2 is 1.55 bits per heavy atom. The second kappa shape index (κ2) is 27.5. The number of aliphatic hydroxyl groups is 3. The van der Waals surface area contributed by atoms with Crippen LogP contribution in [0.3, 0.4) is 0 Å². The number of nitrogens with one attached hydrogen (secondary N) is 1. The van der Waals surface area contributed by atoms with E-state index >= 15 is 0 Å². The minimum absolute atomic E-state index is 0.0239. The van der Waals surface area contributed by atoms with Gasteiger partial charge in [0, 0.05) is 62.6 Å². The molecule has 0 radical (unpaired) electrons. The number of rotatable bonds is 18. The molecule has 0 saturated carbocycles. The van der Waals surface area contributed by atoms with Crippen molar-refractivity contribution < 1.29 is 82.2 Å². The Hall–Kier alpha value is -4.17. The van der Waals surface area contributed by atoms with Gasteiger partial charge in [-0.3, -0.25) is 23.9 Å². The molecule has 0 amide bonds. The van der Waals surface area contributed by atoms with Crippen molar-refractivity contribution in [2.24, 2.45) is 23.7 Å². The van der Waals surface area contributed by atoms with Gasteiger partial charge in [0.2, 0.25) is 5.43 Å². The van der Waals surface area contributed by atoms with Gasteiger partial charge in [-0.1, -0.05) is 33.8 Å². The average Bonchev–Trinajstić information content (AvgIpc) is 3.43. The number of hydrogen-bond donors (Lipinski definition) is 5. The summed E-state index contributed by atoms with van der Waals surface area (Å²) in [7, 11) is 6.72. The Morgan fingerprint density at radius 3 is 2.17 bits per heavy atom. The van der Waals surface area contributed by atoms with Gasteiger partial charge in [0.25, 0.3) is 0 Å². The van der Waals surface area contributed by atoms with Crippen molar-refractivity contribution in [2.45, 2.75) is 198 Å². The normalized spacial score (nSPS) is 37.1. The highest BCUT2D eigenvalue weighted by Crippen LogP contribution is 2.42.